The van der Waals surface area contributed by atoms with Crippen molar-refractivity contribution in [3.05, 3.63) is 48.0 Å². The van der Waals surface area contributed by atoms with Crippen LogP contribution in [0.15, 0.2) is 42.5 Å². The number of hydrogen-bond donors (Lipinski definition) is 1. The number of fused-ring (bicyclic) bond motifs is 1. The summed E-state index contributed by atoms with van der Waals surface area (Å²) in [5.74, 6) is -1.69. The van der Waals surface area contributed by atoms with Crippen molar-refractivity contribution < 1.29 is 40.2 Å². The fraction of sp³-hybridized carbons (Fsp3) is 0.214. The van der Waals surface area contributed by atoms with Crippen LogP contribution in [-0.4, -0.2) is 32.3 Å². The van der Waals surface area contributed by atoms with Crippen LogP contribution in [0, 0.1) is 0 Å². The van der Waals surface area contributed by atoms with Crippen LogP contribution in [0.2, 0.25) is 0 Å². The zero-order valence-electron chi connectivity index (χ0n) is 11.6. The predicted octanol–water partition coefficient (Wildman–Crippen LogP) is 3.74. The molecule has 0 saturated carbocycles. The molecule has 2 aromatic carbocycles. The Bertz CT molecular complexity index is 790. The van der Waals surface area contributed by atoms with Crippen LogP contribution < -0.4 is 0 Å². The van der Waals surface area contributed by atoms with E-state index in [0.29, 0.717) is 10.8 Å². The summed E-state index contributed by atoms with van der Waals surface area (Å²) in [6, 6.07) is 10.2. The molecule has 0 saturated heterocycles. The van der Waals surface area contributed by atoms with Gasteiger partial charge in [0.05, 0.1) is 5.56 Å². The third-order valence-electron chi connectivity index (χ3n) is 3.05. The quantitative estimate of drug-likeness (QED) is 0.507. The third kappa shape index (κ3) is 3.70. The van der Waals surface area contributed by atoms with Crippen molar-refractivity contribution in [2.24, 2.45) is 0 Å². The summed E-state index contributed by atoms with van der Waals surface area (Å²) < 4.78 is 87.3. The van der Waals surface area contributed by atoms with Gasteiger partial charge in [-0.2, -0.15) is 22.0 Å². The molecule has 1 N–H and O–H groups in total. The van der Waals surface area contributed by atoms with Crippen LogP contribution in [0.5, 0.6) is 0 Å². The van der Waals surface area contributed by atoms with Gasteiger partial charge >= 0.3 is 17.4 Å². The maximum atomic E-state index is 13.3. The van der Waals surface area contributed by atoms with Crippen molar-refractivity contribution in [2.75, 3.05) is 0 Å². The SMILES string of the molecule is O=C(OC(C(F)(F)F)C(F)(F)S(=O)O)c1ccc2ccccc2c1. The molecule has 0 aromatic heterocycles. The highest BCUT2D eigenvalue weighted by atomic mass is 32.2. The number of halogens is 5. The monoisotopic (exact) mass is 368 g/mol. The highest BCUT2D eigenvalue weighted by molar-refractivity contribution is 7.80. The second-order valence-corrected chi connectivity index (χ2v) is 5.74. The Morgan fingerprint density at radius 3 is 2.17 bits per heavy atom. The average Bonchev–Trinajstić information content (AvgIpc) is 2.50. The molecule has 0 amide bonds. The fourth-order valence-corrected chi connectivity index (χ4v) is 2.27. The molecule has 2 rings (SSSR count). The van der Waals surface area contributed by atoms with E-state index in [-0.39, 0.29) is 0 Å². The summed E-state index contributed by atoms with van der Waals surface area (Å²) >= 11 is -4.18. The van der Waals surface area contributed by atoms with Gasteiger partial charge in [0.25, 0.3) is 6.10 Å². The molecular weight excluding hydrogens is 359 g/mol. The highest BCUT2D eigenvalue weighted by Crippen LogP contribution is 2.37. The van der Waals surface area contributed by atoms with E-state index in [2.05, 4.69) is 4.74 Å². The summed E-state index contributed by atoms with van der Waals surface area (Å²) in [5, 5.41) is -4.05. The van der Waals surface area contributed by atoms with Crippen molar-refractivity contribution in [3.8, 4) is 0 Å². The van der Waals surface area contributed by atoms with E-state index in [4.69, 9.17) is 4.55 Å². The molecule has 0 aliphatic heterocycles. The van der Waals surface area contributed by atoms with Gasteiger partial charge in [-0.1, -0.05) is 30.3 Å². The van der Waals surface area contributed by atoms with Gasteiger partial charge in [0.15, 0.2) is 0 Å². The number of esters is 1. The van der Waals surface area contributed by atoms with Crippen molar-refractivity contribution in [3.63, 3.8) is 0 Å². The maximum absolute atomic E-state index is 13.3. The summed E-state index contributed by atoms with van der Waals surface area (Å²) in [4.78, 5) is 11.8. The molecule has 4 nitrogen and oxygen atoms in total. The molecule has 0 bridgehead atoms. The molecule has 2 unspecified atom stereocenters. The number of benzene rings is 2. The minimum Gasteiger partial charge on any atom is -0.441 e. The molecule has 0 heterocycles. The van der Waals surface area contributed by atoms with Crippen LogP contribution >= 0.6 is 0 Å². The summed E-state index contributed by atoms with van der Waals surface area (Å²) in [5.41, 5.74) is -0.400. The van der Waals surface area contributed by atoms with E-state index in [1.165, 1.54) is 12.1 Å². The van der Waals surface area contributed by atoms with E-state index in [0.717, 1.165) is 6.07 Å². The largest absolute Gasteiger partial charge is 0.441 e. The molecule has 0 radical (unpaired) electrons. The van der Waals surface area contributed by atoms with Gasteiger partial charge in [0.1, 0.15) is 0 Å². The topological polar surface area (TPSA) is 63.6 Å². The van der Waals surface area contributed by atoms with Gasteiger partial charge in [-0.25, -0.2) is 9.00 Å². The first-order valence-corrected chi connectivity index (χ1v) is 7.39. The fourth-order valence-electron chi connectivity index (χ4n) is 1.91. The van der Waals surface area contributed by atoms with Gasteiger partial charge < -0.3 is 9.29 Å². The van der Waals surface area contributed by atoms with Gasteiger partial charge in [0, 0.05) is 0 Å². The molecular formula is C14H9F5O4S. The van der Waals surface area contributed by atoms with E-state index in [1.807, 2.05) is 0 Å². The van der Waals surface area contributed by atoms with Crippen LogP contribution in [0.1, 0.15) is 10.4 Å². The molecule has 2 atom stereocenters. The van der Waals surface area contributed by atoms with Crippen LogP contribution in [-0.2, 0) is 15.8 Å². The second kappa shape index (κ2) is 6.44. The highest BCUT2D eigenvalue weighted by Gasteiger charge is 2.62. The van der Waals surface area contributed by atoms with Gasteiger partial charge in [-0.15, -0.1) is 0 Å². The van der Waals surface area contributed by atoms with Crippen LogP contribution in [0.4, 0.5) is 22.0 Å². The second-order valence-electron chi connectivity index (χ2n) is 4.70. The molecule has 0 spiro atoms. The normalized spacial score (nSPS) is 15.1. The predicted molar refractivity (Wildman–Crippen MR) is 74.9 cm³/mol. The van der Waals surface area contributed by atoms with Gasteiger partial charge in [-0.05, 0) is 22.9 Å². The van der Waals surface area contributed by atoms with E-state index in [1.54, 1.807) is 24.3 Å². The van der Waals surface area contributed by atoms with Gasteiger partial charge in [-0.3, -0.25) is 0 Å². The molecule has 0 aliphatic carbocycles. The molecule has 10 heteroatoms. The lowest BCUT2D eigenvalue weighted by molar-refractivity contribution is -0.246. The summed E-state index contributed by atoms with van der Waals surface area (Å²) in [6.45, 7) is 0. The minimum absolute atomic E-state index is 0.400. The Hall–Kier alpha value is -2.07. The first kappa shape index (κ1) is 18.3. The molecule has 2 aromatic rings. The summed E-state index contributed by atoms with van der Waals surface area (Å²) in [7, 11) is 0. The Labute approximate surface area is 134 Å². The lowest BCUT2D eigenvalue weighted by atomic mass is 10.1. The van der Waals surface area contributed by atoms with Crippen molar-refractivity contribution >= 4 is 27.8 Å². The molecule has 24 heavy (non-hydrogen) atoms. The smallest absolute Gasteiger partial charge is 0.432 e. The average molecular weight is 368 g/mol. The minimum atomic E-state index is -5.73. The van der Waals surface area contributed by atoms with Crippen molar-refractivity contribution in [1.82, 2.24) is 0 Å². The maximum Gasteiger partial charge on any atom is 0.432 e. The summed E-state index contributed by atoms with van der Waals surface area (Å²) in [6.07, 6.45) is -9.77. The Balaban J connectivity index is 2.34. The zero-order valence-corrected chi connectivity index (χ0v) is 12.4. The van der Waals surface area contributed by atoms with E-state index >= 15 is 0 Å². The number of hydrogen-bond acceptors (Lipinski definition) is 3. The first-order valence-electron chi connectivity index (χ1n) is 6.28. The lowest BCUT2D eigenvalue weighted by Gasteiger charge is -2.25. The molecule has 0 fully saturated rings. The van der Waals surface area contributed by atoms with Crippen molar-refractivity contribution in [1.29, 1.82) is 0 Å². The van der Waals surface area contributed by atoms with Crippen molar-refractivity contribution in [2.45, 2.75) is 17.5 Å². The van der Waals surface area contributed by atoms with E-state index < -0.39 is 40.1 Å². The Morgan fingerprint density at radius 1 is 1.04 bits per heavy atom. The Morgan fingerprint density at radius 2 is 1.62 bits per heavy atom. The third-order valence-corrected chi connectivity index (χ3v) is 3.73. The van der Waals surface area contributed by atoms with Gasteiger partial charge in [0.2, 0.25) is 11.1 Å². The standard InChI is InChI=1S/C14H9F5O4S/c15-13(16,17)12(14(18,19)24(21)22)23-11(20)10-6-5-8-3-1-2-4-9(8)7-10/h1-7,12H,(H,21,22). The number of alkyl halides is 5. The molecule has 130 valence electrons. The Kier molecular flexibility index (Phi) is 4.90. The molecule has 0 aliphatic rings. The zero-order chi connectivity index (χ0) is 18.1. The number of carbonyl (C=O) groups excluding carboxylic acids is 1. The number of ether oxygens (including phenoxy) is 1. The first-order chi connectivity index (χ1) is 11.0. The number of carbonyl (C=O) groups is 1. The van der Waals surface area contributed by atoms with E-state index in [9.17, 15) is 31.0 Å². The lowest BCUT2D eigenvalue weighted by Crippen LogP contribution is -2.50. The van der Waals surface area contributed by atoms with Crippen LogP contribution in [0.25, 0.3) is 10.8 Å². The number of rotatable bonds is 4. The van der Waals surface area contributed by atoms with Crippen LogP contribution in [0.3, 0.4) is 0 Å².